The quantitative estimate of drug-likeness (QED) is 0.478. The normalized spacial score (nSPS) is 15.9. The zero-order chi connectivity index (χ0) is 22.7. The second kappa shape index (κ2) is 9.19. The van der Waals surface area contributed by atoms with Crippen molar-refractivity contribution < 1.29 is 33.8 Å². The highest BCUT2D eigenvalue weighted by Gasteiger charge is 2.39. The molecule has 1 unspecified atom stereocenters. The van der Waals surface area contributed by atoms with Crippen molar-refractivity contribution in [3.8, 4) is 11.1 Å². The van der Waals surface area contributed by atoms with Gasteiger partial charge in [0.25, 0.3) is 0 Å². The molecule has 3 amide bonds. The van der Waals surface area contributed by atoms with Crippen LogP contribution in [-0.2, 0) is 23.9 Å². The third-order valence-corrected chi connectivity index (χ3v) is 5.53. The van der Waals surface area contributed by atoms with E-state index in [0.717, 1.165) is 22.3 Å². The smallest absolute Gasteiger partial charge is 0.407 e. The van der Waals surface area contributed by atoms with E-state index in [1.807, 2.05) is 48.5 Å². The van der Waals surface area contributed by atoms with Crippen LogP contribution in [0, 0.1) is 0 Å². The van der Waals surface area contributed by atoms with Crippen molar-refractivity contribution in [1.29, 1.82) is 0 Å². The first-order valence-electron chi connectivity index (χ1n) is 10.3. The molecule has 4 rings (SSSR count). The van der Waals surface area contributed by atoms with Gasteiger partial charge in [-0.05, 0) is 22.3 Å². The summed E-state index contributed by atoms with van der Waals surface area (Å²) < 4.78 is 10.6. The summed E-state index contributed by atoms with van der Waals surface area (Å²) in [7, 11) is 0. The maximum atomic E-state index is 12.1. The van der Waals surface area contributed by atoms with Crippen LogP contribution < -0.4 is 5.32 Å². The van der Waals surface area contributed by atoms with Crippen molar-refractivity contribution in [1.82, 2.24) is 10.2 Å². The molecule has 9 nitrogen and oxygen atoms in total. The third kappa shape index (κ3) is 4.19. The second-order valence-electron chi connectivity index (χ2n) is 7.47. The predicted octanol–water partition coefficient (Wildman–Crippen LogP) is 2.10. The van der Waals surface area contributed by atoms with Crippen LogP contribution in [0.25, 0.3) is 11.1 Å². The maximum absolute atomic E-state index is 12.1. The van der Waals surface area contributed by atoms with Gasteiger partial charge < -0.3 is 19.9 Å². The van der Waals surface area contributed by atoms with Crippen LogP contribution in [-0.4, -0.2) is 59.9 Å². The van der Waals surface area contributed by atoms with E-state index >= 15 is 0 Å². The molecule has 1 fully saturated rings. The molecule has 2 aromatic carbocycles. The van der Waals surface area contributed by atoms with E-state index in [1.165, 1.54) is 0 Å². The Morgan fingerprint density at radius 3 is 2.12 bits per heavy atom. The number of amides is 3. The Labute approximate surface area is 183 Å². The Kier molecular flexibility index (Phi) is 6.18. The lowest BCUT2D eigenvalue weighted by Crippen LogP contribution is -2.47. The molecule has 1 aliphatic carbocycles. The highest BCUT2D eigenvalue weighted by Crippen LogP contribution is 2.44. The van der Waals surface area contributed by atoms with E-state index < -0.39 is 30.1 Å². The molecule has 0 spiro atoms. The standard InChI is InChI=1S/C23H22N2O7/c26-19-9-10-20(27)25(19)21(22(28)29)31-12-11-24-23(30)32-13-18-16-7-3-1-5-14(16)15-6-2-4-8-17(15)18/h1-8,18,21H,9-13H2,(H,24,30)(H,28,29). The SMILES string of the molecule is O=C(NCCOC(C(=O)O)N1C(=O)CCC1=O)OCC1c2ccccc2-c2ccccc21. The Balaban J connectivity index is 1.28. The number of hydrogen-bond acceptors (Lipinski definition) is 6. The molecule has 0 radical (unpaired) electrons. The number of hydrogen-bond donors (Lipinski definition) is 2. The summed E-state index contributed by atoms with van der Waals surface area (Å²) in [5.41, 5.74) is 4.43. The molecule has 2 N–H and O–H groups in total. The van der Waals surface area contributed by atoms with Gasteiger partial charge in [-0.25, -0.2) is 14.5 Å². The number of nitrogens with one attached hydrogen (secondary N) is 1. The number of carboxylic acid groups (broad SMARTS) is 1. The van der Waals surface area contributed by atoms with E-state index in [2.05, 4.69) is 5.32 Å². The largest absolute Gasteiger partial charge is 0.478 e. The van der Waals surface area contributed by atoms with E-state index in [9.17, 15) is 24.3 Å². The number of carboxylic acids is 1. The number of fused-ring (bicyclic) bond motifs is 3. The van der Waals surface area contributed by atoms with Crippen molar-refractivity contribution in [3.63, 3.8) is 0 Å². The van der Waals surface area contributed by atoms with Gasteiger partial charge in [0.15, 0.2) is 0 Å². The van der Waals surface area contributed by atoms with E-state index in [1.54, 1.807) is 0 Å². The minimum absolute atomic E-state index is 0.0377. The highest BCUT2D eigenvalue weighted by molar-refractivity contribution is 6.04. The molecule has 1 atom stereocenters. The van der Waals surface area contributed by atoms with Crippen molar-refractivity contribution in [2.75, 3.05) is 19.8 Å². The van der Waals surface area contributed by atoms with E-state index in [0.29, 0.717) is 4.90 Å². The van der Waals surface area contributed by atoms with Gasteiger partial charge in [-0.3, -0.25) is 9.59 Å². The Morgan fingerprint density at radius 2 is 1.56 bits per heavy atom. The van der Waals surface area contributed by atoms with Crippen LogP contribution in [0.4, 0.5) is 4.79 Å². The number of likely N-dealkylation sites (tertiary alicyclic amines) is 1. The number of nitrogens with zero attached hydrogens (tertiary/aromatic N) is 1. The van der Waals surface area contributed by atoms with Gasteiger partial charge in [0, 0.05) is 25.3 Å². The Hall–Kier alpha value is -3.72. The topological polar surface area (TPSA) is 122 Å². The molecule has 0 saturated carbocycles. The summed E-state index contributed by atoms with van der Waals surface area (Å²) >= 11 is 0. The molecule has 32 heavy (non-hydrogen) atoms. The van der Waals surface area contributed by atoms with E-state index in [4.69, 9.17) is 9.47 Å². The summed E-state index contributed by atoms with van der Waals surface area (Å²) in [4.78, 5) is 47.6. The molecule has 1 heterocycles. The molecule has 1 saturated heterocycles. The van der Waals surface area contributed by atoms with Crippen LogP contribution in [0.1, 0.15) is 29.9 Å². The monoisotopic (exact) mass is 438 g/mol. The van der Waals surface area contributed by atoms with Crippen molar-refractivity contribution in [3.05, 3.63) is 59.7 Å². The molecule has 2 aliphatic rings. The number of ether oxygens (including phenoxy) is 2. The fourth-order valence-corrected chi connectivity index (χ4v) is 4.08. The average Bonchev–Trinajstić information content (AvgIpc) is 3.29. The van der Waals surface area contributed by atoms with Crippen molar-refractivity contribution in [2.24, 2.45) is 0 Å². The van der Waals surface area contributed by atoms with Crippen molar-refractivity contribution >= 4 is 23.9 Å². The van der Waals surface area contributed by atoms with Crippen LogP contribution in [0.5, 0.6) is 0 Å². The Bertz CT molecular complexity index is 1010. The first-order valence-corrected chi connectivity index (χ1v) is 10.3. The Morgan fingerprint density at radius 1 is 1.00 bits per heavy atom. The summed E-state index contributed by atoms with van der Waals surface area (Å²) in [5.74, 6) is -2.71. The lowest BCUT2D eigenvalue weighted by molar-refractivity contribution is -0.174. The average molecular weight is 438 g/mol. The lowest BCUT2D eigenvalue weighted by Gasteiger charge is -2.22. The maximum Gasteiger partial charge on any atom is 0.407 e. The van der Waals surface area contributed by atoms with Gasteiger partial charge in [-0.1, -0.05) is 48.5 Å². The number of carbonyl (C=O) groups excluding carboxylic acids is 3. The van der Waals surface area contributed by atoms with Gasteiger partial charge in [-0.15, -0.1) is 0 Å². The fraction of sp³-hybridized carbons (Fsp3) is 0.304. The molecular weight excluding hydrogens is 416 g/mol. The van der Waals surface area contributed by atoms with Gasteiger partial charge >= 0.3 is 12.1 Å². The second-order valence-corrected chi connectivity index (χ2v) is 7.47. The number of alkyl carbamates (subject to hydrolysis) is 1. The van der Waals surface area contributed by atoms with Gasteiger partial charge in [-0.2, -0.15) is 0 Å². The summed E-state index contributed by atoms with van der Waals surface area (Å²) in [6.45, 7) is -0.107. The molecule has 0 aromatic heterocycles. The molecular formula is C23H22N2O7. The first-order chi connectivity index (χ1) is 15.5. The fourth-order valence-electron chi connectivity index (χ4n) is 4.08. The number of carbonyl (C=O) groups is 4. The predicted molar refractivity (Wildman–Crippen MR) is 112 cm³/mol. The molecule has 9 heteroatoms. The number of aliphatic carboxylic acids is 1. The van der Waals surface area contributed by atoms with Crippen LogP contribution in [0.15, 0.2) is 48.5 Å². The zero-order valence-corrected chi connectivity index (χ0v) is 17.2. The number of rotatable bonds is 8. The minimum atomic E-state index is -1.71. The highest BCUT2D eigenvalue weighted by atomic mass is 16.6. The molecule has 2 aromatic rings. The summed E-state index contributed by atoms with van der Waals surface area (Å²) in [6, 6.07) is 16.0. The first kappa shape index (κ1) is 21.5. The van der Waals surface area contributed by atoms with Crippen molar-refractivity contribution in [2.45, 2.75) is 25.0 Å². The van der Waals surface area contributed by atoms with Crippen LogP contribution in [0.2, 0.25) is 0 Å². The zero-order valence-electron chi connectivity index (χ0n) is 17.2. The molecule has 0 bridgehead atoms. The summed E-state index contributed by atoms with van der Waals surface area (Å²) in [5, 5.41) is 11.8. The number of imide groups is 1. The van der Waals surface area contributed by atoms with Crippen LogP contribution >= 0.6 is 0 Å². The van der Waals surface area contributed by atoms with Gasteiger partial charge in [0.1, 0.15) is 6.61 Å². The lowest BCUT2D eigenvalue weighted by atomic mass is 9.98. The van der Waals surface area contributed by atoms with Gasteiger partial charge in [0.05, 0.1) is 6.61 Å². The number of benzene rings is 2. The summed E-state index contributed by atoms with van der Waals surface area (Å²) in [6.07, 6.45) is -2.45. The minimum Gasteiger partial charge on any atom is -0.478 e. The molecule has 1 aliphatic heterocycles. The van der Waals surface area contributed by atoms with Gasteiger partial charge in [0.2, 0.25) is 18.0 Å². The van der Waals surface area contributed by atoms with E-state index in [-0.39, 0.29) is 38.5 Å². The van der Waals surface area contributed by atoms with Crippen LogP contribution in [0.3, 0.4) is 0 Å². The molecule has 166 valence electrons. The third-order valence-electron chi connectivity index (χ3n) is 5.53.